The van der Waals surface area contributed by atoms with Crippen LogP contribution in [0, 0.1) is 10.5 Å². The monoisotopic (exact) mass is 573 g/mol. The zero-order chi connectivity index (χ0) is 23.4. The number of aliphatic imine (C=N–C) groups is 1. The highest BCUT2D eigenvalue weighted by Crippen LogP contribution is 2.37. The topological polar surface area (TPSA) is 57.1 Å². The molecule has 0 spiro atoms. The highest BCUT2D eigenvalue weighted by atomic mass is 127. The molecule has 0 aliphatic carbocycles. The third-order valence-electron chi connectivity index (χ3n) is 5.06. The van der Waals surface area contributed by atoms with Crippen LogP contribution in [-0.2, 0) is 16.0 Å². The van der Waals surface area contributed by atoms with E-state index in [4.69, 9.17) is 25.8 Å². The van der Waals surface area contributed by atoms with Gasteiger partial charge in [-0.15, -0.1) is 0 Å². The van der Waals surface area contributed by atoms with E-state index in [1.54, 1.807) is 25.3 Å². The number of rotatable bonds is 7. The number of hydrogen-bond donors (Lipinski definition) is 0. The number of ether oxygens (including phenoxy) is 3. The molecule has 0 amide bonds. The van der Waals surface area contributed by atoms with Crippen molar-refractivity contribution in [1.82, 2.24) is 0 Å². The van der Waals surface area contributed by atoms with E-state index in [0.29, 0.717) is 28.7 Å². The first-order chi connectivity index (χ1) is 15.9. The first-order valence-corrected chi connectivity index (χ1v) is 11.7. The number of carbonyl (C=O) groups excluding carboxylic acids is 1. The molecule has 0 N–H and O–H groups in total. The quantitative estimate of drug-likeness (QED) is 0.191. The van der Waals surface area contributed by atoms with Crippen molar-refractivity contribution in [2.24, 2.45) is 4.99 Å². The minimum Gasteiger partial charge on any atom is -0.493 e. The van der Waals surface area contributed by atoms with Crippen LogP contribution in [0.2, 0.25) is 5.02 Å². The van der Waals surface area contributed by atoms with Gasteiger partial charge in [0.1, 0.15) is 0 Å². The summed E-state index contributed by atoms with van der Waals surface area (Å²) in [5, 5.41) is 0.387. The van der Waals surface area contributed by atoms with Crippen LogP contribution in [0.1, 0.15) is 22.3 Å². The highest BCUT2D eigenvalue weighted by Gasteiger charge is 2.25. The predicted molar refractivity (Wildman–Crippen MR) is 138 cm³/mol. The largest absolute Gasteiger partial charge is 0.493 e. The lowest BCUT2D eigenvalue weighted by molar-refractivity contribution is -0.129. The third-order valence-corrected chi connectivity index (χ3v) is 6.55. The molecular formula is C26H21ClINO4. The first-order valence-electron chi connectivity index (χ1n) is 10.3. The summed E-state index contributed by atoms with van der Waals surface area (Å²) in [6.07, 6.45) is 2.37. The summed E-state index contributed by atoms with van der Waals surface area (Å²) in [7, 11) is 1.55. The molecule has 1 aliphatic heterocycles. The molecule has 4 rings (SSSR count). The zero-order valence-corrected chi connectivity index (χ0v) is 21.0. The molecular weight excluding hydrogens is 553 g/mol. The number of carbonyl (C=O) groups is 1. The van der Waals surface area contributed by atoms with Gasteiger partial charge in [0.2, 0.25) is 5.90 Å². The molecule has 3 aromatic rings. The van der Waals surface area contributed by atoms with Crippen LogP contribution >= 0.6 is 34.2 Å². The van der Waals surface area contributed by atoms with E-state index in [-0.39, 0.29) is 11.6 Å². The Labute approximate surface area is 211 Å². The standard InChI is InChI=1S/C26H21ClINO4/c1-16-12-19(8-9-21(16)28)25-29-22(26(30)33-25)14-18-13-20(27)24(23(15-18)31-2)32-11-10-17-6-4-3-5-7-17/h3-9,12-15H,10-11H2,1-2H3/b22-14-. The normalized spacial score (nSPS) is 14.2. The van der Waals surface area contributed by atoms with E-state index in [0.717, 1.165) is 21.1 Å². The SMILES string of the molecule is COc1cc(/C=C2\N=C(c3ccc(I)c(C)c3)OC2=O)cc(Cl)c1OCCc1ccccc1. The Morgan fingerprint density at radius 1 is 1.12 bits per heavy atom. The fourth-order valence-corrected chi connectivity index (χ4v) is 3.96. The number of hydrogen-bond acceptors (Lipinski definition) is 5. The van der Waals surface area contributed by atoms with Crippen molar-refractivity contribution >= 4 is 52.1 Å². The van der Waals surface area contributed by atoms with E-state index >= 15 is 0 Å². The molecule has 0 atom stereocenters. The van der Waals surface area contributed by atoms with Gasteiger partial charge >= 0.3 is 5.97 Å². The Balaban J connectivity index is 1.55. The van der Waals surface area contributed by atoms with Gasteiger partial charge in [0.15, 0.2) is 17.2 Å². The Bertz CT molecular complexity index is 1250. The smallest absolute Gasteiger partial charge is 0.363 e. The molecule has 1 aliphatic rings. The zero-order valence-electron chi connectivity index (χ0n) is 18.1. The van der Waals surface area contributed by atoms with Gasteiger partial charge < -0.3 is 14.2 Å². The molecule has 0 aromatic heterocycles. The van der Waals surface area contributed by atoms with Crippen LogP contribution in [0.3, 0.4) is 0 Å². The summed E-state index contributed by atoms with van der Waals surface area (Å²) in [4.78, 5) is 16.8. The molecule has 0 radical (unpaired) electrons. The Hall–Kier alpha value is -2.84. The van der Waals surface area contributed by atoms with Gasteiger partial charge in [-0.3, -0.25) is 0 Å². The van der Waals surface area contributed by atoms with Crippen LogP contribution in [-0.4, -0.2) is 25.6 Å². The van der Waals surface area contributed by atoms with Crippen molar-refractivity contribution in [2.45, 2.75) is 13.3 Å². The molecule has 7 heteroatoms. The van der Waals surface area contributed by atoms with Gasteiger partial charge in [0.25, 0.3) is 0 Å². The molecule has 0 saturated carbocycles. The van der Waals surface area contributed by atoms with Gasteiger partial charge in [-0.25, -0.2) is 9.79 Å². The van der Waals surface area contributed by atoms with E-state index in [2.05, 4.69) is 27.6 Å². The number of halogens is 2. The second-order valence-electron chi connectivity index (χ2n) is 7.42. The number of cyclic esters (lactones) is 1. The first kappa shape index (κ1) is 23.3. The van der Waals surface area contributed by atoms with E-state index in [1.807, 2.05) is 55.5 Å². The Morgan fingerprint density at radius 2 is 1.91 bits per heavy atom. The molecule has 1 heterocycles. The number of methoxy groups -OCH3 is 1. The van der Waals surface area contributed by atoms with Crippen LogP contribution in [0.25, 0.3) is 6.08 Å². The molecule has 0 saturated heterocycles. The van der Waals surface area contributed by atoms with Crippen molar-refractivity contribution in [2.75, 3.05) is 13.7 Å². The lowest BCUT2D eigenvalue weighted by Gasteiger charge is -2.13. The second kappa shape index (κ2) is 10.4. The van der Waals surface area contributed by atoms with Crippen molar-refractivity contribution < 1.29 is 19.0 Å². The van der Waals surface area contributed by atoms with Crippen molar-refractivity contribution in [3.63, 3.8) is 0 Å². The maximum Gasteiger partial charge on any atom is 0.363 e. The van der Waals surface area contributed by atoms with E-state index in [9.17, 15) is 4.79 Å². The van der Waals surface area contributed by atoms with Crippen molar-refractivity contribution in [1.29, 1.82) is 0 Å². The molecule has 168 valence electrons. The van der Waals surface area contributed by atoms with Gasteiger partial charge in [-0.05, 0) is 82.6 Å². The van der Waals surface area contributed by atoms with Gasteiger partial charge in [-0.2, -0.15) is 0 Å². The highest BCUT2D eigenvalue weighted by molar-refractivity contribution is 14.1. The van der Waals surface area contributed by atoms with Gasteiger partial charge in [0.05, 0.1) is 18.7 Å². The number of benzene rings is 3. The van der Waals surface area contributed by atoms with Crippen LogP contribution in [0.15, 0.2) is 71.4 Å². The van der Waals surface area contributed by atoms with Gasteiger partial charge in [-0.1, -0.05) is 41.9 Å². The van der Waals surface area contributed by atoms with Crippen molar-refractivity contribution in [3.05, 3.63) is 97.2 Å². The maximum atomic E-state index is 12.4. The maximum absolute atomic E-state index is 12.4. The molecule has 0 unspecified atom stereocenters. The Morgan fingerprint density at radius 3 is 2.64 bits per heavy atom. The number of aryl methyl sites for hydroxylation is 1. The average Bonchev–Trinajstić information content (AvgIpc) is 3.17. The lowest BCUT2D eigenvalue weighted by atomic mass is 10.1. The third kappa shape index (κ3) is 5.57. The van der Waals surface area contributed by atoms with Crippen LogP contribution < -0.4 is 9.47 Å². The summed E-state index contributed by atoms with van der Waals surface area (Å²) < 4.78 is 17.9. The van der Waals surface area contributed by atoms with E-state index in [1.165, 1.54) is 5.56 Å². The molecule has 0 bridgehead atoms. The summed E-state index contributed by atoms with van der Waals surface area (Å²) in [6, 6.07) is 19.3. The molecule has 0 fully saturated rings. The fourth-order valence-electron chi connectivity index (χ4n) is 3.35. The fraction of sp³-hybridized carbons (Fsp3) is 0.154. The molecule has 5 nitrogen and oxygen atoms in total. The second-order valence-corrected chi connectivity index (χ2v) is 8.99. The molecule has 33 heavy (non-hydrogen) atoms. The predicted octanol–water partition coefficient (Wildman–Crippen LogP) is 6.23. The summed E-state index contributed by atoms with van der Waals surface area (Å²) >= 11 is 8.74. The number of nitrogens with zero attached hydrogens (tertiary/aromatic N) is 1. The Kier molecular flexibility index (Phi) is 7.35. The minimum atomic E-state index is -0.514. The molecule has 3 aromatic carbocycles. The van der Waals surface area contributed by atoms with Crippen LogP contribution in [0.4, 0.5) is 0 Å². The summed E-state index contributed by atoms with van der Waals surface area (Å²) in [5.74, 6) is 0.709. The van der Waals surface area contributed by atoms with E-state index < -0.39 is 5.97 Å². The van der Waals surface area contributed by atoms with Crippen molar-refractivity contribution in [3.8, 4) is 11.5 Å². The summed E-state index contributed by atoms with van der Waals surface area (Å²) in [5.41, 5.74) is 3.86. The summed E-state index contributed by atoms with van der Waals surface area (Å²) in [6.45, 7) is 2.45. The van der Waals surface area contributed by atoms with Gasteiger partial charge in [0, 0.05) is 15.6 Å². The lowest BCUT2D eigenvalue weighted by Crippen LogP contribution is -2.06. The number of esters is 1. The van der Waals surface area contributed by atoms with Crippen LogP contribution in [0.5, 0.6) is 11.5 Å². The minimum absolute atomic E-state index is 0.192. The average molecular weight is 574 g/mol.